The summed E-state index contributed by atoms with van der Waals surface area (Å²) in [6.07, 6.45) is 2.54. The Kier molecular flexibility index (Phi) is 4.18. The van der Waals surface area contributed by atoms with Gasteiger partial charge in [0, 0.05) is 37.2 Å². The minimum absolute atomic E-state index is 0.117. The molecule has 1 aromatic rings. The Bertz CT molecular complexity index is 547. The van der Waals surface area contributed by atoms with Crippen molar-refractivity contribution in [3.63, 3.8) is 0 Å². The highest BCUT2D eigenvalue weighted by molar-refractivity contribution is 6.30. The van der Waals surface area contributed by atoms with E-state index in [0.29, 0.717) is 30.1 Å². The van der Waals surface area contributed by atoms with Crippen molar-refractivity contribution in [2.75, 3.05) is 26.2 Å². The molecule has 1 amide bonds. The number of carbonyl (C=O) groups excluding carboxylic acids is 1. The van der Waals surface area contributed by atoms with Crippen LogP contribution in [-0.4, -0.2) is 47.9 Å². The minimum Gasteiger partial charge on any atom is -0.337 e. The van der Waals surface area contributed by atoms with E-state index in [1.807, 2.05) is 0 Å². The highest BCUT2D eigenvalue weighted by Crippen LogP contribution is 2.29. The van der Waals surface area contributed by atoms with E-state index < -0.39 is 5.82 Å². The molecule has 1 aromatic carbocycles. The molecular weight excluding hydrogens is 291 g/mol. The smallest absolute Gasteiger partial charge is 0.256 e. The molecule has 0 aromatic heterocycles. The number of halogens is 2. The van der Waals surface area contributed by atoms with Crippen LogP contribution in [0.1, 0.15) is 30.1 Å². The fourth-order valence-corrected chi connectivity index (χ4v) is 3.21. The van der Waals surface area contributed by atoms with Crippen LogP contribution in [0.5, 0.6) is 0 Å². The Labute approximate surface area is 129 Å². The van der Waals surface area contributed by atoms with Crippen LogP contribution in [0.4, 0.5) is 4.39 Å². The fraction of sp³-hybridized carbons (Fsp3) is 0.562. The lowest BCUT2D eigenvalue weighted by Gasteiger charge is -2.22. The zero-order valence-electron chi connectivity index (χ0n) is 12.2. The molecule has 1 atom stereocenters. The van der Waals surface area contributed by atoms with Crippen molar-refractivity contribution >= 4 is 17.5 Å². The van der Waals surface area contributed by atoms with Crippen LogP contribution in [0.15, 0.2) is 18.2 Å². The number of hydrogen-bond donors (Lipinski definition) is 0. The van der Waals surface area contributed by atoms with Gasteiger partial charge in [0.1, 0.15) is 5.82 Å². The Balaban J connectivity index is 1.74. The highest BCUT2D eigenvalue weighted by Gasteiger charge is 2.33. The average molecular weight is 311 g/mol. The quantitative estimate of drug-likeness (QED) is 0.838. The van der Waals surface area contributed by atoms with Crippen LogP contribution in [0.2, 0.25) is 5.02 Å². The van der Waals surface area contributed by atoms with Crippen LogP contribution in [-0.2, 0) is 0 Å². The summed E-state index contributed by atoms with van der Waals surface area (Å²) in [7, 11) is 0. The summed E-state index contributed by atoms with van der Waals surface area (Å²) in [6.45, 7) is 5.42. The Hall–Kier alpha value is -1.13. The first-order chi connectivity index (χ1) is 10.0. The van der Waals surface area contributed by atoms with E-state index in [-0.39, 0.29) is 11.5 Å². The standard InChI is InChI=1S/C16H20ClFN2O/c1-11-9-19(13-3-4-13)6-7-20(10-11)16(21)14-5-2-12(17)8-15(14)18/h2,5,8,11,13H,3-4,6-7,9-10H2,1H3. The zero-order chi connectivity index (χ0) is 15.0. The van der Waals surface area contributed by atoms with Crippen molar-refractivity contribution in [2.45, 2.75) is 25.8 Å². The lowest BCUT2D eigenvalue weighted by atomic mass is 10.1. The van der Waals surface area contributed by atoms with Gasteiger partial charge in [-0.2, -0.15) is 0 Å². The largest absolute Gasteiger partial charge is 0.337 e. The highest BCUT2D eigenvalue weighted by atomic mass is 35.5. The van der Waals surface area contributed by atoms with E-state index in [9.17, 15) is 9.18 Å². The second-order valence-electron chi connectivity index (χ2n) is 6.21. The Morgan fingerprint density at radius 2 is 2.05 bits per heavy atom. The lowest BCUT2D eigenvalue weighted by Crippen LogP contribution is -2.36. The van der Waals surface area contributed by atoms with Gasteiger partial charge in [-0.1, -0.05) is 18.5 Å². The van der Waals surface area contributed by atoms with Gasteiger partial charge >= 0.3 is 0 Å². The minimum atomic E-state index is -0.538. The predicted octanol–water partition coefficient (Wildman–Crippen LogP) is 3.04. The molecule has 3 rings (SSSR count). The maximum atomic E-state index is 13.9. The molecule has 1 aliphatic carbocycles. The molecule has 0 radical (unpaired) electrons. The Morgan fingerprint density at radius 1 is 1.29 bits per heavy atom. The summed E-state index contributed by atoms with van der Waals surface area (Å²) >= 11 is 5.75. The summed E-state index contributed by atoms with van der Waals surface area (Å²) in [5.41, 5.74) is 0.117. The molecule has 1 heterocycles. The van der Waals surface area contributed by atoms with E-state index in [0.717, 1.165) is 13.1 Å². The van der Waals surface area contributed by atoms with Gasteiger partial charge < -0.3 is 4.90 Å². The molecule has 2 fully saturated rings. The third kappa shape index (κ3) is 3.38. The van der Waals surface area contributed by atoms with E-state index >= 15 is 0 Å². The van der Waals surface area contributed by atoms with Crippen LogP contribution >= 0.6 is 11.6 Å². The zero-order valence-corrected chi connectivity index (χ0v) is 12.9. The van der Waals surface area contributed by atoms with Gasteiger partial charge in [-0.3, -0.25) is 9.69 Å². The van der Waals surface area contributed by atoms with Gasteiger partial charge in [-0.15, -0.1) is 0 Å². The van der Waals surface area contributed by atoms with Gasteiger partial charge in [0.05, 0.1) is 5.56 Å². The average Bonchev–Trinajstić information content (AvgIpc) is 3.24. The van der Waals surface area contributed by atoms with Crippen molar-refractivity contribution in [3.8, 4) is 0 Å². The molecule has 3 nitrogen and oxygen atoms in total. The molecular formula is C16H20ClFN2O. The molecule has 1 saturated heterocycles. The van der Waals surface area contributed by atoms with Crippen molar-refractivity contribution in [2.24, 2.45) is 5.92 Å². The number of benzene rings is 1. The van der Waals surface area contributed by atoms with Crippen LogP contribution in [0.25, 0.3) is 0 Å². The lowest BCUT2D eigenvalue weighted by molar-refractivity contribution is 0.0744. The van der Waals surface area contributed by atoms with E-state index in [1.165, 1.54) is 25.0 Å². The maximum absolute atomic E-state index is 13.9. The van der Waals surface area contributed by atoms with Crippen molar-refractivity contribution in [1.82, 2.24) is 9.80 Å². The van der Waals surface area contributed by atoms with Crippen LogP contribution in [0.3, 0.4) is 0 Å². The molecule has 2 aliphatic rings. The summed E-state index contributed by atoms with van der Waals surface area (Å²) in [4.78, 5) is 16.8. The summed E-state index contributed by atoms with van der Waals surface area (Å²) in [5.74, 6) is -0.357. The molecule has 1 aliphatic heterocycles. The van der Waals surface area contributed by atoms with Gasteiger partial charge in [-0.25, -0.2) is 4.39 Å². The maximum Gasteiger partial charge on any atom is 0.256 e. The van der Waals surface area contributed by atoms with Crippen molar-refractivity contribution in [1.29, 1.82) is 0 Å². The molecule has 0 N–H and O–H groups in total. The number of rotatable bonds is 2. The van der Waals surface area contributed by atoms with E-state index in [2.05, 4.69) is 11.8 Å². The second kappa shape index (κ2) is 5.93. The molecule has 1 saturated carbocycles. The summed E-state index contributed by atoms with van der Waals surface area (Å²) in [6, 6.07) is 4.95. The molecule has 1 unspecified atom stereocenters. The number of carbonyl (C=O) groups is 1. The van der Waals surface area contributed by atoms with Gasteiger partial charge in [0.15, 0.2) is 0 Å². The Morgan fingerprint density at radius 3 is 2.71 bits per heavy atom. The number of nitrogens with zero attached hydrogens (tertiary/aromatic N) is 2. The van der Waals surface area contributed by atoms with Crippen LogP contribution in [0, 0.1) is 11.7 Å². The third-order valence-corrected chi connectivity index (χ3v) is 4.48. The van der Waals surface area contributed by atoms with Crippen molar-refractivity contribution < 1.29 is 9.18 Å². The van der Waals surface area contributed by atoms with Crippen molar-refractivity contribution in [3.05, 3.63) is 34.6 Å². The first kappa shape index (κ1) is 14.8. The predicted molar refractivity (Wildman–Crippen MR) is 81.1 cm³/mol. The first-order valence-corrected chi connectivity index (χ1v) is 7.91. The number of amides is 1. The molecule has 0 spiro atoms. The molecule has 5 heteroatoms. The topological polar surface area (TPSA) is 23.6 Å². The second-order valence-corrected chi connectivity index (χ2v) is 6.64. The van der Waals surface area contributed by atoms with E-state index in [4.69, 9.17) is 11.6 Å². The SMILES string of the molecule is CC1CN(C(=O)c2ccc(Cl)cc2F)CCN(C2CC2)C1. The fourth-order valence-electron chi connectivity index (χ4n) is 3.06. The van der Waals surface area contributed by atoms with Crippen LogP contribution < -0.4 is 0 Å². The van der Waals surface area contributed by atoms with Gasteiger partial charge in [0.25, 0.3) is 5.91 Å². The monoisotopic (exact) mass is 310 g/mol. The normalized spacial score (nSPS) is 24.0. The number of hydrogen-bond acceptors (Lipinski definition) is 2. The molecule has 114 valence electrons. The molecule has 0 bridgehead atoms. The summed E-state index contributed by atoms with van der Waals surface area (Å²) < 4.78 is 13.9. The third-order valence-electron chi connectivity index (χ3n) is 4.25. The van der Waals surface area contributed by atoms with Gasteiger partial charge in [0.2, 0.25) is 0 Å². The van der Waals surface area contributed by atoms with Gasteiger partial charge in [-0.05, 0) is 37.0 Å². The van der Waals surface area contributed by atoms with E-state index in [1.54, 1.807) is 11.0 Å². The first-order valence-electron chi connectivity index (χ1n) is 7.53. The summed E-state index contributed by atoms with van der Waals surface area (Å²) in [5, 5.41) is 0.313. The molecule has 21 heavy (non-hydrogen) atoms.